The minimum atomic E-state index is 0.559. The van der Waals surface area contributed by atoms with Crippen molar-refractivity contribution < 1.29 is 0 Å². The lowest BCUT2D eigenvalue weighted by molar-refractivity contribution is 0.154. The Balaban J connectivity index is 2.20. The summed E-state index contributed by atoms with van der Waals surface area (Å²) in [4.78, 5) is 7.07. The Kier molecular flexibility index (Phi) is 3.37. The Labute approximate surface area is 92.3 Å². The average Bonchev–Trinajstić information content (AvgIpc) is 2.29. The fraction of sp³-hybridized carbons (Fsp3) is 0.615. The minimum Gasteiger partial charge on any atom is -0.295 e. The highest BCUT2D eigenvalue weighted by atomic mass is 15.2. The predicted molar refractivity (Wildman–Crippen MR) is 62.8 cm³/mol. The zero-order valence-electron chi connectivity index (χ0n) is 9.74. The van der Waals surface area contributed by atoms with Crippen LogP contribution >= 0.6 is 0 Å². The Morgan fingerprint density at radius 2 is 2.33 bits per heavy atom. The van der Waals surface area contributed by atoms with Crippen molar-refractivity contribution in [2.24, 2.45) is 0 Å². The predicted octanol–water partition coefficient (Wildman–Crippen LogP) is 2.94. The molecule has 1 aliphatic rings. The summed E-state index contributed by atoms with van der Waals surface area (Å²) in [5.74, 6) is 0. The van der Waals surface area contributed by atoms with E-state index in [0.717, 1.165) is 6.54 Å². The Bertz CT molecular complexity index is 322. The largest absolute Gasteiger partial charge is 0.295 e. The van der Waals surface area contributed by atoms with Crippen molar-refractivity contribution in [3.8, 4) is 0 Å². The van der Waals surface area contributed by atoms with Gasteiger partial charge in [0, 0.05) is 6.20 Å². The van der Waals surface area contributed by atoms with Gasteiger partial charge in [-0.15, -0.1) is 0 Å². The molecule has 0 aliphatic carbocycles. The Hall–Kier alpha value is -0.890. The van der Waals surface area contributed by atoms with Gasteiger partial charge in [-0.05, 0) is 50.6 Å². The molecule has 1 aromatic heterocycles. The normalized spacial score (nSPS) is 22.9. The van der Waals surface area contributed by atoms with Crippen molar-refractivity contribution in [2.75, 3.05) is 13.1 Å². The maximum atomic E-state index is 4.52. The minimum absolute atomic E-state index is 0.559. The molecule has 15 heavy (non-hydrogen) atoms. The van der Waals surface area contributed by atoms with Gasteiger partial charge < -0.3 is 0 Å². The van der Waals surface area contributed by atoms with Crippen LogP contribution in [0.2, 0.25) is 0 Å². The molecule has 1 saturated heterocycles. The molecule has 2 rings (SSSR count). The van der Waals surface area contributed by atoms with Crippen molar-refractivity contribution in [3.63, 3.8) is 0 Å². The maximum absolute atomic E-state index is 4.52. The van der Waals surface area contributed by atoms with Crippen molar-refractivity contribution in [3.05, 3.63) is 29.6 Å². The zero-order chi connectivity index (χ0) is 10.7. The van der Waals surface area contributed by atoms with Gasteiger partial charge in [-0.1, -0.05) is 13.3 Å². The zero-order valence-corrected chi connectivity index (χ0v) is 9.74. The third-order valence-corrected chi connectivity index (χ3v) is 3.30. The van der Waals surface area contributed by atoms with Gasteiger partial charge in [0.05, 0.1) is 11.7 Å². The van der Waals surface area contributed by atoms with E-state index in [2.05, 4.69) is 35.9 Å². The second-order valence-corrected chi connectivity index (χ2v) is 4.40. The van der Waals surface area contributed by atoms with Crippen LogP contribution < -0.4 is 0 Å². The second kappa shape index (κ2) is 4.75. The fourth-order valence-corrected chi connectivity index (χ4v) is 2.45. The molecule has 1 aromatic rings. The van der Waals surface area contributed by atoms with E-state index >= 15 is 0 Å². The number of hydrogen-bond acceptors (Lipinski definition) is 2. The SMILES string of the molecule is CCN1CCCCC1c1cc(C)ccn1. The van der Waals surface area contributed by atoms with Crippen LogP contribution in [0, 0.1) is 6.92 Å². The van der Waals surface area contributed by atoms with E-state index in [4.69, 9.17) is 0 Å². The van der Waals surface area contributed by atoms with Crippen molar-refractivity contribution >= 4 is 0 Å². The van der Waals surface area contributed by atoms with Gasteiger partial charge >= 0.3 is 0 Å². The molecule has 0 bridgehead atoms. The molecule has 1 unspecified atom stereocenters. The molecule has 2 heterocycles. The number of likely N-dealkylation sites (tertiary alicyclic amines) is 1. The van der Waals surface area contributed by atoms with Gasteiger partial charge in [0.1, 0.15) is 0 Å². The molecule has 0 saturated carbocycles. The topological polar surface area (TPSA) is 16.1 Å². The van der Waals surface area contributed by atoms with E-state index in [0.29, 0.717) is 6.04 Å². The number of piperidine rings is 1. The molecule has 0 aromatic carbocycles. The van der Waals surface area contributed by atoms with Gasteiger partial charge in [-0.3, -0.25) is 9.88 Å². The lowest BCUT2D eigenvalue weighted by Gasteiger charge is -2.34. The van der Waals surface area contributed by atoms with Gasteiger partial charge in [-0.2, -0.15) is 0 Å². The lowest BCUT2D eigenvalue weighted by atomic mass is 9.98. The van der Waals surface area contributed by atoms with E-state index in [-0.39, 0.29) is 0 Å². The van der Waals surface area contributed by atoms with Crippen LogP contribution in [0.4, 0.5) is 0 Å². The molecule has 2 nitrogen and oxygen atoms in total. The second-order valence-electron chi connectivity index (χ2n) is 4.40. The summed E-state index contributed by atoms with van der Waals surface area (Å²) >= 11 is 0. The van der Waals surface area contributed by atoms with E-state index in [9.17, 15) is 0 Å². The molecular formula is C13H20N2. The van der Waals surface area contributed by atoms with Crippen LogP contribution in [0.25, 0.3) is 0 Å². The highest BCUT2D eigenvalue weighted by Crippen LogP contribution is 2.29. The summed E-state index contributed by atoms with van der Waals surface area (Å²) in [6.45, 7) is 6.76. The lowest BCUT2D eigenvalue weighted by Crippen LogP contribution is -2.33. The smallest absolute Gasteiger partial charge is 0.0578 e. The van der Waals surface area contributed by atoms with Crippen molar-refractivity contribution in [2.45, 2.75) is 39.2 Å². The summed E-state index contributed by atoms with van der Waals surface area (Å²) in [5, 5.41) is 0. The number of rotatable bonds is 2. The quantitative estimate of drug-likeness (QED) is 0.736. The Morgan fingerprint density at radius 3 is 3.07 bits per heavy atom. The molecule has 2 heteroatoms. The number of pyridine rings is 1. The van der Waals surface area contributed by atoms with E-state index in [1.54, 1.807) is 0 Å². The molecule has 82 valence electrons. The first kappa shape index (κ1) is 10.6. The number of aromatic nitrogens is 1. The monoisotopic (exact) mass is 204 g/mol. The maximum Gasteiger partial charge on any atom is 0.0578 e. The van der Waals surface area contributed by atoms with Crippen molar-refractivity contribution in [1.29, 1.82) is 0 Å². The summed E-state index contributed by atoms with van der Waals surface area (Å²) in [7, 11) is 0. The van der Waals surface area contributed by atoms with Gasteiger partial charge in [-0.25, -0.2) is 0 Å². The summed E-state index contributed by atoms with van der Waals surface area (Å²) in [5.41, 5.74) is 2.58. The molecule has 0 N–H and O–H groups in total. The average molecular weight is 204 g/mol. The van der Waals surface area contributed by atoms with E-state index in [1.807, 2.05) is 6.20 Å². The van der Waals surface area contributed by atoms with Gasteiger partial charge in [0.15, 0.2) is 0 Å². The first-order valence-electron chi connectivity index (χ1n) is 5.98. The molecule has 0 amide bonds. The molecule has 1 atom stereocenters. The fourth-order valence-electron chi connectivity index (χ4n) is 2.45. The molecule has 0 radical (unpaired) electrons. The van der Waals surface area contributed by atoms with Gasteiger partial charge in [0.2, 0.25) is 0 Å². The van der Waals surface area contributed by atoms with E-state index < -0.39 is 0 Å². The highest BCUT2D eigenvalue weighted by molar-refractivity contribution is 5.17. The van der Waals surface area contributed by atoms with Crippen LogP contribution in [-0.2, 0) is 0 Å². The number of nitrogens with zero attached hydrogens (tertiary/aromatic N) is 2. The molecular weight excluding hydrogens is 184 g/mol. The van der Waals surface area contributed by atoms with Gasteiger partial charge in [0.25, 0.3) is 0 Å². The van der Waals surface area contributed by atoms with Crippen LogP contribution in [0.5, 0.6) is 0 Å². The summed E-state index contributed by atoms with van der Waals surface area (Å²) < 4.78 is 0. The number of hydrogen-bond donors (Lipinski definition) is 0. The summed E-state index contributed by atoms with van der Waals surface area (Å²) in [6.07, 6.45) is 5.89. The van der Waals surface area contributed by atoms with Crippen LogP contribution in [0.1, 0.15) is 43.5 Å². The van der Waals surface area contributed by atoms with E-state index in [1.165, 1.54) is 37.1 Å². The molecule has 1 aliphatic heterocycles. The third-order valence-electron chi connectivity index (χ3n) is 3.30. The first-order valence-corrected chi connectivity index (χ1v) is 5.98. The Morgan fingerprint density at radius 1 is 1.47 bits per heavy atom. The van der Waals surface area contributed by atoms with Crippen LogP contribution in [-0.4, -0.2) is 23.0 Å². The third kappa shape index (κ3) is 2.37. The standard InChI is InChI=1S/C13H20N2/c1-3-15-9-5-4-6-13(15)12-10-11(2)7-8-14-12/h7-8,10,13H,3-6,9H2,1-2H3. The number of aryl methyl sites for hydroxylation is 1. The summed E-state index contributed by atoms with van der Waals surface area (Å²) in [6, 6.07) is 4.87. The highest BCUT2D eigenvalue weighted by Gasteiger charge is 2.23. The first-order chi connectivity index (χ1) is 7.31. The van der Waals surface area contributed by atoms with Crippen LogP contribution in [0.15, 0.2) is 18.3 Å². The molecule has 0 spiro atoms. The molecule has 1 fully saturated rings. The van der Waals surface area contributed by atoms with Crippen molar-refractivity contribution in [1.82, 2.24) is 9.88 Å². The van der Waals surface area contributed by atoms with Crippen LogP contribution in [0.3, 0.4) is 0 Å².